The molecule has 1 amide bonds. The van der Waals surface area contributed by atoms with Crippen molar-refractivity contribution in [1.29, 1.82) is 0 Å². The summed E-state index contributed by atoms with van der Waals surface area (Å²) in [5.41, 5.74) is 2.78. The number of carbonyl (C=O) groups excluding carboxylic acids is 1. The average Bonchev–Trinajstić information content (AvgIpc) is 3.00. The van der Waals surface area contributed by atoms with Crippen molar-refractivity contribution >= 4 is 21.9 Å². The largest absolute Gasteiger partial charge is 0.489 e. The van der Waals surface area contributed by atoms with Crippen LogP contribution in [-0.2, 0) is 10.0 Å². The quantitative estimate of drug-likeness (QED) is 0.218. The molecule has 3 saturated carbocycles. The predicted octanol–water partition coefficient (Wildman–Crippen LogP) is 7.47. The number of carbonyl (C=O) groups is 1. The van der Waals surface area contributed by atoms with Crippen molar-refractivity contribution in [2.75, 3.05) is 11.3 Å². The molecule has 12 heteroatoms. The van der Waals surface area contributed by atoms with Crippen molar-refractivity contribution in [2.45, 2.75) is 96.2 Å². The number of aromatic nitrogens is 3. The Balaban J connectivity index is 1.37. The van der Waals surface area contributed by atoms with Gasteiger partial charge in [0.05, 0.1) is 40.2 Å². The van der Waals surface area contributed by atoms with E-state index < -0.39 is 27.4 Å². The number of hydrogen-bond acceptors (Lipinski definition) is 8. The van der Waals surface area contributed by atoms with Gasteiger partial charge in [0, 0.05) is 29.2 Å². The first kappa shape index (κ1) is 34.9. The fourth-order valence-electron chi connectivity index (χ4n) is 8.13. The Bertz CT molecular complexity index is 2110. The summed E-state index contributed by atoms with van der Waals surface area (Å²) in [6, 6.07) is 14.5. The molecule has 51 heavy (non-hydrogen) atoms. The first-order valence-corrected chi connectivity index (χ1v) is 18.9. The summed E-state index contributed by atoms with van der Waals surface area (Å²) in [6.45, 7) is 14.0. The summed E-state index contributed by atoms with van der Waals surface area (Å²) in [5.74, 6) is -0.638. The third-order valence-electron chi connectivity index (χ3n) is 10.2. The summed E-state index contributed by atoms with van der Waals surface area (Å²) < 4.78 is 58.2. The zero-order chi connectivity index (χ0) is 36.5. The van der Waals surface area contributed by atoms with Crippen LogP contribution in [-0.4, -0.2) is 58.5 Å². The standard InChI is InChI=1S/C39H44FN5O5S/c1-22(2)50-28-15-30(40)35(41-20-28)34-26-17-39(34,18-26)45-27(19-38(5,6)7)21-49-32-16-31(33-23(3)10-8-11-24(33)4)42-37(43-32)44-51(47,48)29-13-9-12-25(14-29)36(45)46/h8-16,20,22,26-27,34H,17-19,21H2,1-7H3,(H,42,43,44)/t26?,27-,34?,39?/m1/s1. The molecule has 3 fully saturated rings. The van der Waals surface area contributed by atoms with E-state index in [4.69, 9.17) is 9.47 Å². The maximum absolute atomic E-state index is 15.8. The second-order valence-electron chi connectivity index (χ2n) is 15.7. The summed E-state index contributed by atoms with van der Waals surface area (Å²) >= 11 is 0. The SMILES string of the molecule is Cc1cccc(C)c1-c1cc2nc(n1)NS(=O)(=O)c1cccc(c1)C(=O)N(C13CC(C1)C3c1ncc(OC(C)C)cc1F)[C@H](CC(C)(C)C)CO2. The molecule has 10 nitrogen and oxygen atoms in total. The van der Waals surface area contributed by atoms with E-state index in [1.54, 1.807) is 24.4 Å². The Labute approximate surface area is 298 Å². The van der Waals surface area contributed by atoms with E-state index in [-0.39, 0.29) is 58.2 Å². The lowest BCUT2D eigenvalue weighted by Gasteiger charge is -2.72. The summed E-state index contributed by atoms with van der Waals surface area (Å²) in [4.78, 5) is 30.3. The molecule has 2 aromatic carbocycles. The number of rotatable bonds is 6. The molecule has 6 bridgehead atoms. The third kappa shape index (κ3) is 6.43. The van der Waals surface area contributed by atoms with Crippen molar-refractivity contribution in [3.8, 4) is 22.9 Å². The van der Waals surface area contributed by atoms with Gasteiger partial charge in [-0.3, -0.25) is 9.78 Å². The van der Waals surface area contributed by atoms with Crippen molar-refractivity contribution in [1.82, 2.24) is 19.9 Å². The third-order valence-corrected chi connectivity index (χ3v) is 11.5. The van der Waals surface area contributed by atoms with Crippen LogP contribution in [0.2, 0.25) is 0 Å². The summed E-state index contributed by atoms with van der Waals surface area (Å²) in [6.07, 6.45) is 3.29. The van der Waals surface area contributed by atoms with Gasteiger partial charge in [-0.25, -0.2) is 22.5 Å². The molecule has 3 aliphatic carbocycles. The molecule has 8 rings (SSSR count). The highest BCUT2D eigenvalue weighted by atomic mass is 32.2. The van der Waals surface area contributed by atoms with Gasteiger partial charge in [-0.15, -0.1) is 0 Å². The second kappa shape index (κ2) is 12.6. The van der Waals surface area contributed by atoms with Crippen molar-refractivity contribution in [3.05, 3.63) is 89.0 Å². The van der Waals surface area contributed by atoms with Crippen LogP contribution in [0, 0.1) is 31.0 Å². The molecule has 4 aliphatic rings. The van der Waals surface area contributed by atoms with Crippen LogP contribution in [0.4, 0.5) is 10.3 Å². The fourth-order valence-corrected chi connectivity index (χ4v) is 9.12. The zero-order valence-corrected chi connectivity index (χ0v) is 30.8. The zero-order valence-electron chi connectivity index (χ0n) is 30.0. The number of anilines is 1. The number of benzene rings is 2. The Morgan fingerprint density at radius 1 is 1.06 bits per heavy atom. The minimum Gasteiger partial charge on any atom is -0.489 e. The number of nitrogens with one attached hydrogen (secondary N) is 1. The lowest BCUT2D eigenvalue weighted by molar-refractivity contribution is -0.173. The van der Waals surface area contributed by atoms with E-state index >= 15 is 4.39 Å². The molecule has 1 aliphatic heterocycles. The topological polar surface area (TPSA) is 124 Å². The molecule has 1 N–H and O–H groups in total. The maximum atomic E-state index is 15.8. The first-order chi connectivity index (χ1) is 24.0. The predicted molar refractivity (Wildman–Crippen MR) is 192 cm³/mol. The Morgan fingerprint density at radius 3 is 2.39 bits per heavy atom. The Kier molecular flexibility index (Phi) is 8.59. The van der Waals surface area contributed by atoms with Gasteiger partial charge in [-0.2, -0.15) is 4.98 Å². The molecule has 268 valence electrons. The number of fused-ring (bicyclic) bond motifs is 4. The Hall–Kier alpha value is -4.58. The number of aryl methyl sites for hydroxylation is 2. The average molecular weight is 714 g/mol. The van der Waals surface area contributed by atoms with Crippen LogP contribution in [0.25, 0.3) is 11.3 Å². The molecule has 0 radical (unpaired) electrons. The lowest BCUT2D eigenvalue weighted by atomic mass is 9.40. The smallest absolute Gasteiger partial charge is 0.264 e. The van der Waals surface area contributed by atoms with E-state index in [0.717, 1.165) is 16.7 Å². The van der Waals surface area contributed by atoms with E-state index in [9.17, 15) is 13.2 Å². The van der Waals surface area contributed by atoms with Gasteiger partial charge in [0.1, 0.15) is 18.2 Å². The van der Waals surface area contributed by atoms with E-state index in [1.807, 2.05) is 50.8 Å². The summed E-state index contributed by atoms with van der Waals surface area (Å²) in [5, 5.41) is 0. The molecule has 2 atom stereocenters. The number of nitrogens with zero attached hydrogens (tertiary/aromatic N) is 4. The van der Waals surface area contributed by atoms with E-state index in [0.29, 0.717) is 36.4 Å². The van der Waals surface area contributed by atoms with Crippen LogP contribution in [0.5, 0.6) is 11.6 Å². The van der Waals surface area contributed by atoms with Gasteiger partial charge < -0.3 is 14.4 Å². The van der Waals surface area contributed by atoms with Crippen LogP contribution in [0.1, 0.15) is 87.0 Å². The highest BCUT2D eigenvalue weighted by Crippen LogP contribution is 2.70. The molecular formula is C39H44FN5O5S. The van der Waals surface area contributed by atoms with Crippen molar-refractivity contribution < 1.29 is 27.1 Å². The number of halogens is 1. The number of hydrogen-bond donors (Lipinski definition) is 1. The molecule has 1 unspecified atom stereocenters. The number of amides is 1. The normalized spacial score (nSPS) is 23.8. The molecule has 3 heterocycles. The highest BCUT2D eigenvalue weighted by molar-refractivity contribution is 7.92. The van der Waals surface area contributed by atoms with Crippen LogP contribution in [0.15, 0.2) is 65.7 Å². The number of sulfonamides is 1. The van der Waals surface area contributed by atoms with E-state index in [2.05, 4.69) is 40.4 Å². The monoisotopic (exact) mass is 713 g/mol. The minimum absolute atomic E-state index is 0.0638. The summed E-state index contributed by atoms with van der Waals surface area (Å²) in [7, 11) is -4.22. The van der Waals surface area contributed by atoms with Gasteiger partial charge in [-0.1, -0.05) is 45.0 Å². The van der Waals surface area contributed by atoms with Gasteiger partial charge >= 0.3 is 0 Å². The molecule has 4 aromatic rings. The van der Waals surface area contributed by atoms with Gasteiger partial charge in [-0.05, 0) is 87.6 Å². The first-order valence-electron chi connectivity index (χ1n) is 17.4. The highest BCUT2D eigenvalue weighted by Gasteiger charge is 2.71. The molecular weight excluding hydrogens is 670 g/mol. The number of ether oxygens (including phenoxy) is 2. The second-order valence-corrected chi connectivity index (χ2v) is 17.4. The van der Waals surface area contributed by atoms with Crippen LogP contribution in [0.3, 0.4) is 0 Å². The van der Waals surface area contributed by atoms with Crippen LogP contribution < -0.4 is 14.2 Å². The van der Waals surface area contributed by atoms with Gasteiger partial charge in [0.25, 0.3) is 15.9 Å². The van der Waals surface area contributed by atoms with Crippen LogP contribution >= 0.6 is 0 Å². The van der Waals surface area contributed by atoms with Crippen molar-refractivity contribution in [3.63, 3.8) is 0 Å². The molecule has 2 aromatic heterocycles. The maximum Gasteiger partial charge on any atom is 0.264 e. The van der Waals surface area contributed by atoms with Gasteiger partial charge in [0.15, 0.2) is 0 Å². The van der Waals surface area contributed by atoms with Crippen molar-refractivity contribution in [2.24, 2.45) is 11.3 Å². The lowest BCUT2D eigenvalue weighted by Crippen LogP contribution is -2.77. The number of pyridine rings is 1. The minimum atomic E-state index is -4.22. The van der Waals surface area contributed by atoms with E-state index in [1.165, 1.54) is 18.2 Å². The molecule has 0 saturated heterocycles. The molecule has 0 spiro atoms. The van der Waals surface area contributed by atoms with Gasteiger partial charge in [0.2, 0.25) is 11.8 Å². The Morgan fingerprint density at radius 2 is 1.76 bits per heavy atom. The fraction of sp³-hybridized carbons (Fsp3) is 0.436.